The van der Waals surface area contributed by atoms with Gasteiger partial charge in [-0.1, -0.05) is 71.1 Å². The lowest BCUT2D eigenvalue weighted by Crippen LogP contribution is -2.26. The molecule has 4 aliphatic rings. The average Bonchev–Trinajstić information content (AvgIpc) is 2.88. The summed E-state index contributed by atoms with van der Waals surface area (Å²) in [4.78, 5) is 0. The molecular weight excluding hydrogens is 460 g/mol. The molecule has 0 bridgehead atoms. The molecule has 4 fully saturated rings. The van der Waals surface area contributed by atoms with Gasteiger partial charge in [-0.2, -0.15) is 13.2 Å². The van der Waals surface area contributed by atoms with E-state index in [4.69, 9.17) is 0 Å². The number of hydrogen-bond acceptors (Lipinski definition) is 0. The van der Waals surface area contributed by atoms with E-state index in [1.165, 1.54) is 103 Å². The molecule has 36 heavy (non-hydrogen) atoms. The number of hydrogen-bond donors (Lipinski definition) is 0. The predicted octanol–water partition coefficient (Wildman–Crippen LogP) is 11.2. The lowest BCUT2D eigenvalue weighted by atomic mass is 9.68. The van der Waals surface area contributed by atoms with E-state index in [9.17, 15) is 17.6 Å². The molecule has 0 aliphatic heterocycles. The molecule has 0 N–H and O–H groups in total. The van der Waals surface area contributed by atoms with Crippen LogP contribution in [0.3, 0.4) is 0 Å². The van der Waals surface area contributed by atoms with Crippen LogP contribution >= 0.6 is 0 Å². The van der Waals surface area contributed by atoms with E-state index in [-0.39, 0.29) is 5.92 Å². The van der Waals surface area contributed by atoms with Gasteiger partial charge in [0.25, 0.3) is 0 Å². The molecule has 0 aromatic rings. The molecule has 0 amide bonds. The van der Waals surface area contributed by atoms with Gasteiger partial charge in [-0.15, -0.1) is 0 Å². The van der Waals surface area contributed by atoms with E-state index in [1.54, 1.807) is 0 Å². The fraction of sp³-hybridized carbons (Fsp3) is 0.938. The largest absolute Gasteiger partial charge is 0.442 e. The second kappa shape index (κ2) is 13.5. The van der Waals surface area contributed by atoms with E-state index >= 15 is 0 Å². The van der Waals surface area contributed by atoms with Crippen molar-refractivity contribution in [2.24, 2.45) is 47.3 Å². The number of allylic oxidation sites excluding steroid dienone is 2. The quantitative estimate of drug-likeness (QED) is 0.224. The standard InChI is InChI=1S/C32H52F4/c1-23-6-14-27(15-7-23)28-16-8-24(9-17-28)4-2-3-5-25-10-18-29(19-11-25)30-20-12-26(13-21-30)22-31(33)32(34,35)36/h22-30H,2-21H2,1H3. The average molecular weight is 513 g/mol. The number of halogens is 4. The van der Waals surface area contributed by atoms with E-state index < -0.39 is 12.0 Å². The van der Waals surface area contributed by atoms with Crippen molar-refractivity contribution in [1.29, 1.82) is 0 Å². The minimum Gasteiger partial charge on any atom is -0.202 e. The second-order valence-corrected chi connectivity index (χ2v) is 13.6. The topological polar surface area (TPSA) is 0 Å². The Morgan fingerprint density at radius 2 is 0.944 bits per heavy atom. The van der Waals surface area contributed by atoms with Gasteiger partial charge in [-0.05, 0) is 118 Å². The van der Waals surface area contributed by atoms with Crippen LogP contribution in [0.1, 0.15) is 135 Å². The summed E-state index contributed by atoms with van der Waals surface area (Å²) >= 11 is 0. The Morgan fingerprint density at radius 1 is 0.583 bits per heavy atom. The van der Waals surface area contributed by atoms with Gasteiger partial charge in [0, 0.05) is 0 Å². The monoisotopic (exact) mass is 512 g/mol. The highest BCUT2D eigenvalue weighted by molar-refractivity contribution is 5.03. The highest BCUT2D eigenvalue weighted by Gasteiger charge is 2.36. The molecule has 0 saturated heterocycles. The summed E-state index contributed by atoms with van der Waals surface area (Å²) in [6.45, 7) is 2.43. The summed E-state index contributed by atoms with van der Waals surface area (Å²) in [5.41, 5.74) is 0. The number of unbranched alkanes of at least 4 members (excludes halogenated alkanes) is 1. The van der Waals surface area contributed by atoms with Gasteiger partial charge in [-0.3, -0.25) is 0 Å². The molecule has 0 unspecified atom stereocenters. The fourth-order valence-electron chi connectivity index (χ4n) is 8.60. The van der Waals surface area contributed by atoms with Gasteiger partial charge < -0.3 is 0 Å². The van der Waals surface area contributed by atoms with Crippen LogP contribution in [0, 0.1) is 47.3 Å². The first-order chi connectivity index (χ1) is 17.3. The molecule has 0 atom stereocenters. The van der Waals surface area contributed by atoms with Crippen molar-refractivity contribution in [1.82, 2.24) is 0 Å². The first-order valence-electron chi connectivity index (χ1n) is 15.7. The molecule has 208 valence electrons. The maximum absolute atomic E-state index is 13.3. The molecule has 0 spiro atoms. The summed E-state index contributed by atoms with van der Waals surface area (Å²) in [7, 11) is 0. The van der Waals surface area contributed by atoms with Gasteiger partial charge >= 0.3 is 6.18 Å². The van der Waals surface area contributed by atoms with E-state index in [0.717, 1.165) is 67.3 Å². The molecule has 0 radical (unpaired) electrons. The number of alkyl halides is 3. The summed E-state index contributed by atoms with van der Waals surface area (Å²) < 4.78 is 50.6. The minimum atomic E-state index is -4.82. The van der Waals surface area contributed by atoms with Crippen molar-refractivity contribution in [3.63, 3.8) is 0 Å². The Hall–Kier alpha value is -0.540. The Kier molecular flexibility index (Phi) is 10.7. The zero-order valence-corrected chi connectivity index (χ0v) is 22.9. The first kappa shape index (κ1) is 28.5. The summed E-state index contributed by atoms with van der Waals surface area (Å²) in [6.07, 6.45) is 22.3. The van der Waals surface area contributed by atoms with Crippen molar-refractivity contribution < 1.29 is 17.6 Å². The maximum atomic E-state index is 13.3. The maximum Gasteiger partial charge on any atom is 0.442 e. The highest BCUT2D eigenvalue weighted by Crippen LogP contribution is 2.44. The van der Waals surface area contributed by atoms with Gasteiger partial charge in [0.1, 0.15) is 0 Å². The highest BCUT2D eigenvalue weighted by atomic mass is 19.4. The van der Waals surface area contributed by atoms with Crippen molar-refractivity contribution in [3.05, 3.63) is 11.9 Å². The summed E-state index contributed by atoms with van der Waals surface area (Å²) in [5.74, 6) is 4.21. The molecule has 4 saturated carbocycles. The summed E-state index contributed by atoms with van der Waals surface area (Å²) in [6, 6.07) is 0. The Morgan fingerprint density at radius 3 is 1.33 bits per heavy atom. The Bertz CT molecular complexity index is 650. The SMILES string of the molecule is CC1CCC(C2CCC(CCCCC3CCC(C4CCC(C=C(F)C(F)(F)F)CC4)CC3)CC2)CC1. The third kappa shape index (κ3) is 8.48. The summed E-state index contributed by atoms with van der Waals surface area (Å²) in [5, 5.41) is 0. The smallest absolute Gasteiger partial charge is 0.202 e. The van der Waals surface area contributed by atoms with Crippen molar-refractivity contribution >= 4 is 0 Å². The minimum absolute atomic E-state index is 0.231. The van der Waals surface area contributed by atoms with Gasteiger partial charge in [-0.25, -0.2) is 4.39 Å². The van der Waals surface area contributed by atoms with Crippen molar-refractivity contribution in [3.8, 4) is 0 Å². The molecule has 4 heteroatoms. The molecule has 0 aromatic heterocycles. The third-order valence-corrected chi connectivity index (χ3v) is 11.1. The van der Waals surface area contributed by atoms with Crippen LogP contribution in [0.25, 0.3) is 0 Å². The van der Waals surface area contributed by atoms with Crippen LogP contribution in [0.4, 0.5) is 17.6 Å². The normalized spacial score (nSPS) is 39.2. The van der Waals surface area contributed by atoms with Crippen LogP contribution < -0.4 is 0 Å². The molecular formula is C32H52F4. The van der Waals surface area contributed by atoms with Crippen LogP contribution in [0.2, 0.25) is 0 Å². The van der Waals surface area contributed by atoms with Gasteiger partial charge in [0.05, 0.1) is 0 Å². The molecule has 0 heterocycles. The molecule has 0 aromatic carbocycles. The second-order valence-electron chi connectivity index (χ2n) is 13.6. The van der Waals surface area contributed by atoms with Crippen molar-refractivity contribution in [2.75, 3.05) is 0 Å². The lowest BCUT2D eigenvalue weighted by molar-refractivity contribution is -0.109. The zero-order valence-electron chi connectivity index (χ0n) is 22.9. The van der Waals surface area contributed by atoms with Crippen LogP contribution in [-0.2, 0) is 0 Å². The van der Waals surface area contributed by atoms with Crippen LogP contribution in [-0.4, -0.2) is 6.18 Å². The lowest BCUT2D eigenvalue weighted by Gasteiger charge is -2.38. The third-order valence-electron chi connectivity index (χ3n) is 11.1. The van der Waals surface area contributed by atoms with Gasteiger partial charge in [0.15, 0.2) is 5.83 Å². The van der Waals surface area contributed by atoms with Crippen molar-refractivity contribution in [2.45, 2.75) is 142 Å². The predicted molar refractivity (Wildman–Crippen MR) is 141 cm³/mol. The van der Waals surface area contributed by atoms with Crippen LogP contribution in [0.5, 0.6) is 0 Å². The van der Waals surface area contributed by atoms with E-state index in [0.29, 0.717) is 5.92 Å². The van der Waals surface area contributed by atoms with E-state index in [1.807, 2.05) is 0 Å². The van der Waals surface area contributed by atoms with Crippen LogP contribution in [0.15, 0.2) is 11.9 Å². The van der Waals surface area contributed by atoms with E-state index in [2.05, 4.69) is 6.92 Å². The Balaban J connectivity index is 1.04. The Labute approximate surface area is 218 Å². The molecule has 0 nitrogen and oxygen atoms in total. The van der Waals surface area contributed by atoms with Gasteiger partial charge in [0.2, 0.25) is 0 Å². The molecule has 4 rings (SSSR count). The fourth-order valence-corrected chi connectivity index (χ4v) is 8.60. The zero-order chi connectivity index (χ0) is 25.5. The first-order valence-corrected chi connectivity index (χ1v) is 15.7. The number of rotatable bonds is 8. The molecule has 4 aliphatic carbocycles.